The first-order valence-corrected chi connectivity index (χ1v) is 9.70. The number of amides is 2. The molecule has 144 valence electrons. The Hall–Kier alpha value is -1.84. The third-order valence-electron chi connectivity index (χ3n) is 5.48. The van der Waals surface area contributed by atoms with Crippen LogP contribution in [0.15, 0.2) is 24.3 Å². The zero-order valence-electron chi connectivity index (χ0n) is 17.1. The van der Waals surface area contributed by atoms with Gasteiger partial charge >= 0.3 is 11.8 Å². The summed E-state index contributed by atoms with van der Waals surface area (Å²) in [5.74, 6) is -0.435. The van der Waals surface area contributed by atoms with E-state index in [0.717, 1.165) is 31.2 Å². The summed E-state index contributed by atoms with van der Waals surface area (Å²) in [7, 11) is 0. The molecule has 0 bridgehead atoms. The maximum Gasteiger partial charge on any atom is 0.313 e. The van der Waals surface area contributed by atoms with Crippen molar-refractivity contribution in [2.24, 2.45) is 11.3 Å². The Morgan fingerprint density at radius 2 is 1.46 bits per heavy atom. The average molecular weight is 359 g/mol. The van der Waals surface area contributed by atoms with Crippen molar-refractivity contribution in [1.82, 2.24) is 5.32 Å². The molecule has 0 unspecified atom stereocenters. The molecule has 1 aromatic rings. The summed E-state index contributed by atoms with van der Waals surface area (Å²) in [6, 6.07) is 7.76. The molecule has 4 nitrogen and oxygen atoms in total. The zero-order chi connectivity index (χ0) is 19.5. The number of hydrogen-bond acceptors (Lipinski definition) is 2. The van der Waals surface area contributed by atoms with Gasteiger partial charge in [-0.15, -0.1) is 0 Å². The normalized spacial score (nSPS) is 21.2. The van der Waals surface area contributed by atoms with E-state index in [4.69, 9.17) is 0 Å². The zero-order valence-corrected chi connectivity index (χ0v) is 17.1. The van der Waals surface area contributed by atoms with Crippen molar-refractivity contribution in [3.63, 3.8) is 0 Å². The molecule has 0 atom stereocenters. The standard InChI is InChI=1S/C22H34N2O2/c1-21(2,3)15-11-13-16(14-12-15)23-19(25)20(26)24-18-10-8-7-9-17(18)22(4,5)6/h7-10,15-16H,11-14H2,1-6H3,(H,23,25)(H,24,26). The Kier molecular flexibility index (Phi) is 6.15. The van der Waals surface area contributed by atoms with Crippen molar-refractivity contribution in [3.8, 4) is 0 Å². The van der Waals surface area contributed by atoms with Gasteiger partial charge in [0.05, 0.1) is 0 Å². The molecule has 26 heavy (non-hydrogen) atoms. The first kappa shape index (κ1) is 20.5. The van der Waals surface area contributed by atoms with Gasteiger partial charge in [-0.1, -0.05) is 59.7 Å². The van der Waals surface area contributed by atoms with E-state index in [1.54, 1.807) is 0 Å². The van der Waals surface area contributed by atoms with E-state index in [-0.39, 0.29) is 11.5 Å². The Labute approximate surface area is 158 Å². The third kappa shape index (κ3) is 5.33. The van der Waals surface area contributed by atoms with Gasteiger partial charge in [-0.2, -0.15) is 0 Å². The van der Waals surface area contributed by atoms with Crippen LogP contribution >= 0.6 is 0 Å². The lowest BCUT2D eigenvalue weighted by molar-refractivity contribution is -0.136. The fourth-order valence-electron chi connectivity index (χ4n) is 3.78. The molecule has 0 heterocycles. The summed E-state index contributed by atoms with van der Waals surface area (Å²) in [5, 5.41) is 5.71. The molecule has 0 saturated heterocycles. The quantitative estimate of drug-likeness (QED) is 0.757. The van der Waals surface area contributed by atoms with Crippen LogP contribution in [0.3, 0.4) is 0 Å². The van der Waals surface area contributed by atoms with E-state index in [9.17, 15) is 9.59 Å². The number of carbonyl (C=O) groups is 2. The number of para-hydroxylation sites is 1. The average Bonchev–Trinajstić information content (AvgIpc) is 2.54. The fraction of sp³-hybridized carbons (Fsp3) is 0.636. The van der Waals surface area contributed by atoms with E-state index in [1.165, 1.54) is 0 Å². The largest absolute Gasteiger partial charge is 0.345 e. The van der Waals surface area contributed by atoms with Crippen LogP contribution in [0, 0.1) is 11.3 Å². The molecule has 1 fully saturated rings. The lowest BCUT2D eigenvalue weighted by Gasteiger charge is -2.37. The summed E-state index contributed by atoms with van der Waals surface area (Å²) in [6.45, 7) is 13.1. The third-order valence-corrected chi connectivity index (χ3v) is 5.48. The molecule has 1 aromatic carbocycles. The predicted octanol–water partition coefficient (Wildman–Crippen LogP) is 4.64. The van der Waals surface area contributed by atoms with Crippen molar-refractivity contribution in [1.29, 1.82) is 0 Å². The lowest BCUT2D eigenvalue weighted by Crippen LogP contribution is -2.44. The molecule has 1 aliphatic carbocycles. The molecule has 2 N–H and O–H groups in total. The number of benzene rings is 1. The molecule has 2 rings (SSSR count). The molecule has 1 aliphatic rings. The van der Waals surface area contributed by atoms with E-state index < -0.39 is 11.8 Å². The van der Waals surface area contributed by atoms with Gasteiger partial charge in [0.1, 0.15) is 0 Å². The number of rotatable bonds is 2. The van der Waals surface area contributed by atoms with Gasteiger partial charge in [0.15, 0.2) is 0 Å². The monoisotopic (exact) mass is 358 g/mol. The van der Waals surface area contributed by atoms with Crippen LogP contribution in [-0.2, 0) is 15.0 Å². The molecule has 4 heteroatoms. The maximum absolute atomic E-state index is 12.4. The van der Waals surface area contributed by atoms with Crippen LogP contribution in [0.25, 0.3) is 0 Å². The Balaban J connectivity index is 1.93. The second-order valence-electron chi connectivity index (χ2n) is 9.64. The molecule has 0 aliphatic heterocycles. The van der Waals surface area contributed by atoms with Crippen molar-refractivity contribution in [2.75, 3.05) is 5.32 Å². The highest BCUT2D eigenvalue weighted by Gasteiger charge is 2.31. The number of carbonyl (C=O) groups excluding carboxylic acids is 2. The van der Waals surface area contributed by atoms with E-state index >= 15 is 0 Å². The van der Waals surface area contributed by atoms with Crippen LogP contribution in [0.2, 0.25) is 0 Å². The number of hydrogen-bond donors (Lipinski definition) is 2. The number of nitrogens with one attached hydrogen (secondary N) is 2. The summed E-state index contributed by atoms with van der Waals surface area (Å²) in [4.78, 5) is 24.7. The SMILES string of the molecule is CC(C)(C)c1ccccc1NC(=O)C(=O)NC1CCC(C(C)(C)C)CC1. The van der Waals surface area contributed by atoms with Gasteiger partial charge < -0.3 is 10.6 Å². The second-order valence-corrected chi connectivity index (χ2v) is 9.64. The van der Waals surface area contributed by atoms with Gasteiger partial charge in [0.25, 0.3) is 0 Å². The van der Waals surface area contributed by atoms with Gasteiger partial charge in [-0.25, -0.2) is 0 Å². The minimum absolute atomic E-state index is 0.102. The molecule has 0 radical (unpaired) electrons. The van der Waals surface area contributed by atoms with Gasteiger partial charge in [0, 0.05) is 11.7 Å². The van der Waals surface area contributed by atoms with Gasteiger partial charge in [-0.05, 0) is 54.1 Å². The highest BCUT2D eigenvalue weighted by molar-refractivity contribution is 6.39. The van der Waals surface area contributed by atoms with Crippen molar-refractivity contribution >= 4 is 17.5 Å². The van der Waals surface area contributed by atoms with Crippen LogP contribution in [-0.4, -0.2) is 17.9 Å². The highest BCUT2D eigenvalue weighted by Crippen LogP contribution is 2.37. The summed E-state index contributed by atoms with van der Waals surface area (Å²) in [6.07, 6.45) is 4.09. The summed E-state index contributed by atoms with van der Waals surface area (Å²) in [5.41, 5.74) is 1.93. The van der Waals surface area contributed by atoms with Crippen LogP contribution in [0.4, 0.5) is 5.69 Å². The van der Waals surface area contributed by atoms with E-state index in [2.05, 4.69) is 52.2 Å². The first-order valence-electron chi connectivity index (χ1n) is 9.70. The van der Waals surface area contributed by atoms with Crippen LogP contribution < -0.4 is 10.6 Å². The molecular weight excluding hydrogens is 324 g/mol. The smallest absolute Gasteiger partial charge is 0.313 e. The van der Waals surface area contributed by atoms with Crippen molar-refractivity contribution in [2.45, 2.75) is 78.7 Å². The van der Waals surface area contributed by atoms with Gasteiger partial charge in [0.2, 0.25) is 0 Å². The summed E-state index contributed by atoms with van der Waals surface area (Å²) < 4.78 is 0. The lowest BCUT2D eigenvalue weighted by atomic mass is 9.71. The molecule has 0 spiro atoms. The van der Waals surface area contributed by atoms with E-state index in [0.29, 0.717) is 17.0 Å². The predicted molar refractivity (Wildman–Crippen MR) is 107 cm³/mol. The number of anilines is 1. The second kappa shape index (κ2) is 7.81. The van der Waals surface area contributed by atoms with Crippen molar-refractivity contribution < 1.29 is 9.59 Å². The van der Waals surface area contributed by atoms with Crippen LogP contribution in [0.1, 0.15) is 72.8 Å². The molecule has 0 aromatic heterocycles. The first-order chi connectivity index (χ1) is 12.0. The Morgan fingerprint density at radius 3 is 2.00 bits per heavy atom. The highest BCUT2D eigenvalue weighted by atomic mass is 16.2. The van der Waals surface area contributed by atoms with Crippen LogP contribution in [0.5, 0.6) is 0 Å². The van der Waals surface area contributed by atoms with E-state index in [1.807, 2.05) is 24.3 Å². The Bertz CT molecular complexity index is 645. The molecule has 1 saturated carbocycles. The minimum Gasteiger partial charge on any atom is -0.345 e. The molecular formula is C22H34N2O2. The van der Waals surface area contributed by atoms with Crippen molar-refractivity contribution in [3.05, 3.63) is 29.8 Å². The maximum atomic E-state index is 12.4. The van der Waals surface area contributed by atoms with Gasteiger partial charge in [-0.3, -0.25) is 9.59 Å². The topological polar surface area (TPSA) is 58.2 Å². The fourth-order valence-corrected chi connectivity index (χ4v) is 3.78. The summed E-state index contributed by atoms with van der Waals surface area (Å²) >= 11 is 0. The minimum atomic E-state index is -0.584. The Morgan fingerprint density at radius 1 is 0.885 bits per heavy atom. The molecule has 2 amide bonds.